The first-order chi connectivity index (χ1) is 17.3. The van der Waals surface area contributed by atoms with Gasteiger partial charge in [-0.05, 0) is 29.8 Å². The molecule has 182 valence electrons. The maximum atomic E-state index is 13.8. The number of aliphatic hydroxyl groups is 1. The highest BCUT2D eigenvalue weighted by Crippen LogP contribution is 2.44. The van der Waals surface area contributed by atoms with Crippen LogP contribution in [0.1, 0.15) is 17.2 Å². The summed E-state index contributed by atoms with van der Waals surface area (Å²) in [5, 5.41) is 11.6. The van der Waals surface area contributed by atoms with Crippen molar-refractivity contribution in [2.24, 2.45) is 0 Å². The number of H-pyrrole nitrogens is 1. The SMILES string of the molecule is COc1cc(OC)c(/C(O)=C2\C(=O)C(=O)N(c3nc4ccc(F)cc4[nH]3)C2c2ccccc2)cc1Cl. The molecule has 36 heavy (non-hydrogen) atoms. The molecule has 1 atom stereocenters. The van der Waals surface area contributed by atoms with E-state index < -0.39 is 29.3 Å². The molecule has 10 heteroatoms. The number of aliphatic hydroxyl groups excluding tert-OH is 1. The van der Waals surface area contributed by atoms with Gasteiger partial charge in [0.1, 0.15) is 23.1 Å². The molecule has 0 radical (unpaired) electrons. The highest BCUT2D eigenvalue weighted by Gasteiger charge is 2.48. The molecule has 8 nitrogen and oxygen atoms in total. The Kier molecular flexibility index (Phi) is 5.85. The second-order valence-corrected chi connectivity index (χ2v) is 8.40. The summed E-state index contributed by atoms with van der Waals surface area (Å²) >= 11 is 6.29. The Balaban J connectivity index is 1.75. The first kappa shape index (κ1) is 23.4. The van der Waals surface area contributed by atoms with Crippen LogP contribution < -0.4 is 14.4 Å². The lowest BCUT2D eigenvalue weighted by atomic mass is 9.95. The molecule has 4 aromatic rings. The number of halogens is 2. The van der Waals surface area contributed by atoms with E-state index in [1.165, 1.54) is 44.6 Å². The maximum absolute atomic E-state index is 13.8. The van der Waals surface area contributed by atoms with Gasteiger partial charge >= 0.3 is 5.91 Å². The Morgan fingerprint density at radius 2 is 1.78 bits per heavy atom. The van der Waals surface area contributed by atoms with E-state index in [2.05, 4.69) is 9.97 Å². The number of hydrogen-bond donors (Lipinski definition) is 2. The molecule has 1 saturated heterocycles. The van der Waals surface area contributed by atoms with Gasteiger partial charge < -0.3 is 19.6 Å². The minimum absolute atomic E-state index is 0.0327. The smallest absolute Gasteiger partial charge is 0.302 e. The third-order valence-corrected chi connectivity index (χ3v) is 6.24. The zero-order valence-corrected chi connectivity index (χ0v) is 19.8. The standard InChI is InChI=1S/C26H19ClFN3O5/c1-35-19-12-20(36-2)16(27)11-15(19)23(32)21-22(13-6-4-3-5-7-13)31(25(34)24(21)33)26-29-17-9-8-14(28)10-18(17)30-26/h3-12,22,32H,1-2H3,(H,29,30)/b23-21+. The minimum Gasteiger partial charge on any atom is -0.507 e. The number of amides is 1. The Morgan fingerprint density at radius 1 is 1.06 bits per heavy atom. The summed E-state index contributed by atoms with van der Waals surface area (Å²) in [5.41, 5.74) is 1.22. The van der Waals surface area contributed by atoms with E-state index in [1.54, 1.807) is 30.3 Å². The lowest BCUT2D eigenvalue weighted by Crippen LogP contribution is -2.30. The molecule has 0 spiro atoms. The van der Waals surface area contributed by atoms with Crippen molar-refractivity contribution in [1.29, 1.82) is 0 Å². The summed E-state index contributed by atoms with van der Waals surface area (Å²) in [5.74, 6) is -2.28. The van der Waals surface area contributed by atoms with Gasteiger partial charge in [-0.25, -0.2) is 9.37 Å². The summed E-state index contributed by atoms with van der Waals surface area (Å²) < 4.78 is 24.4. The highest BCUT2D eigenvalue weighted by atomic mass is 35.5. The van der Waals surface area contributed by atoms with Gasteiger partial charge in [-0.3, -0.25) is 14.5 Å². The fourth-order valence-corrected chi connectivity index (χ4v) is 4.52. The van der Waals surface area contributed by atoms with Crippen LogP contribution in [0.3, 0.4) is 0 Å². The number of ether oxygens (including phenoxy) is 2. The minimum atomic E-state index is -1.04. The Labute approximate surface area is 209 Å². The Hall–Kier alpha value is -4.37. The van der Waals surface area contributed by atoms with E-state index >= 15 is 0 Å². The molecular weight excluding hydrogens is 489 g/mol. The van der Waals surface area contributed by atoms with Crippen molar-refractivity contribution in [3.63, 3.8) is 0 Å². The van der Waals surface area contributed by atoms with Gasteiger partial charge in [0.05, 0.1) is 47.5 Å². The molecule has 1 aromatic heterocycles. The number of aromatic amines is 1. The molecule has 0 bridgehead atoms. The molecule has 1 unspecified atom stereocenters. The van der Waals surface area contributed by atoms with Gasteiger partial charge in [0.2, 0.25) is 5.95 Å². The second kappa shape index (κ2) is 9.01. The maximum Gasteiger partial charge on any atom is 0.302 e. The lowest BCUT2D eigenvalue weighted by Gasteiger charge is -2.23. The van der Waals surface area contributed by atoms with Gasteiger partial charge in [-0.2, -0.15) is 0 Å². The number of fused-ring (bicyclic) bond motifs is 1. The number of Topliss-reactive ketones (excluding diaryl/α,β-unsaturated/α-hetero) is 1. The van der Waals surface area contributed by atoms with E-state index in [9.17, 15) is 19.1 Å². The number of benzene rings is 3. The number of methoxy groups -OCH3 is 2. The first-order valence-electron chi connectivity index (χ1n) is 10.8. The fourth-order valence-electron chi connectivity index (χ4n) is 4.27. The van der Waals surface area contributed by atoms with Crippen LogP contribution in [0.5, 0.6) is 11.5 Å². The van der Waals surface area contributed by atoms with Crippen molar-refractivity contribution in [1.82, 2.24) is 9.97 Å². The molecule has 2 heterocycles. The number of anilines is 1. The Morgan fingerprint density at radius 3 is 2.47 bits per heavy atom. The number of nitrogens with one attached hydrogen (secondary N) is 1. The van der Waals surface area contributed by atoms with Crippen molar-refractivity contribution < 1.29 is 28.6 Å². The van der Waals surface area contributed by atoms with Gasteiger partial charge in [-0.15, -0.1) is 0 Å². The summed E-state index contributed by atoms with van der Waals surface area (Å²) in [6.07, 6.45) is 0. The van der Waals surface area contributed by atoms with Crippen LogP contribution in [0.15, 0.2) is 66.2 Å². The van der Waals surface area contributed by atoms with E-state index in [0.29, 0.717) is 22.3 Å². The predicted molar refractivity (Wildman–Crippen MR) is 132 cm³/mol. The lowest BCUT2D eigenvalue weighted by molar-refractivity contribution is -0.132. The number of carbonyl (C=O) groups excluding carboxylic acids is 2. The number of ketones is 1. The topological polar surface area (TPSA) is 105 Å². The summed E-state index contributed by atoms with van der Waals surface area (Å²) in [6, 6.07) is 14.5. The number of nitrogens with zero attached hydrogens (tertiary/aromatic N) is 2. The van der Waals surface area contributed by atoms with Crippen LogP contribution in [-0.4, -0.2) is 41.0 Å². The fraction of sp³-hybridized carbons (Fsp3) is 0.115. The molecule has 0 aliphatic carbocycles. The van der Waals surface area contributed by atoms with Crippen LogP contribution in [0, 0.1) is 5.82 Å². The van der Waals surface area contributed by atoms with Crippen molar-refractivity contribution in [3.05, 3.63) is 88.2 Å². The molecule has 1 fully saturated rings. The van der Waals surface area contributed by atoms with Crippen LogP contribution >= 0.6 is 11.6 Å². The van der Waals surface area contributed by atoms with Crippen LogP contribution in [0.25, 0.3) is 16.8 Å². The van der Waals surface area contributed by atoms with Crippen molar-refractivity contribution >= 4 is 46.0 Å². The normalized spacial score (nSPS) is 17.1. The largest absolute Gasteiger partial charge is 0.507 e. The zero-order valence-electron chi connectivity index (χ0n) is 19.1. The van der Waals surface area contributed by atoms with Crippen molar-refractivity contribution in [3.8, 4) is 11.5 Å². The molecule has 1 aliphatic rings. The zero-order chi connectivity index (χ0) is 25.6. The molecule has 5 rings (SSSR count). The molecule has 2 N–H and O–H groups in total. The van der Waals surface area contributed by atoms with Crippen LogP contribution in [0.4, 0.5) is 10.3 Å². The second-order valence-electron chi connectivity index (χ2n) is 7.99. The first-order valence-corrected chi connectivity index (χ1v) is 11.1. The average molecular weight is 508 g/mol. The van der Waals surface area contributed by atoms with Crippen molar-refractivity contribution in [2.75, 3.05) is 19.1 Å². The number of imidazole rings is 1. The molecular formula is C26H19ClFN3O5. The van der Waals surface area contributed by atoms with Gasteiger partial charge in [0.15, 0.2) is 0 Å². The Bertz CT molecular complexity index is 1550. The average Bonchev–Trinajstić information content (AvgIpc) is 3.41. The van der Waals surface area contributed by atoms with E-state index in [0.717, 1.165) is 4.90 Å². The number of carbonyl (C=O) groups is 2. The number of aromatic nitrogens is 2. The third-order valence-electron chi connectivity index (χ3n) is 5.95. The van der Waals surface area contributed by atoms with Crippen LogP contribution in [0.2, 0.25) is 5.02 Å². The van der Waals surface area contributed by atoms with Crippen LogP contribution in [-0.2, 0) is 9.59 Å². The quantitative estimate of drug-likeness (QED) is 0.224. The van der Waals surface area contributed by atoms with E-state index in [1.807, 2.05) is 0 Å². The molecule has 3 aromatic carbocycles. The van der Waals surface area contributed by atoms with Gasteiger partial charge in [-0.1, -0.05) is 41.9 Å². The highest BCUT2D eigenvalue weighted by molar-refractivity contribution is 6.51. The predicted octanol–water partition coefficient (Wildman–Crippen LogP) is 5.00. The monoisotopic (exact) mass is 507 g/mol. The summed E-state index contributed by atoms with van der Waals surface area (Å²) in [4.78, 5) is 35.1. The summed E-state index contributed by atoms with van der Waals surface area (Å²) in [6.45, 7) is 0. The molecule has 0 saturated carbocycles. The third kappa shape index (κ3) is 3.74. The molecule has 1 amide bonds. The number of rotatable bonds is 5. The van der Waals surface area contributed by atoms with Gasteiger partial charge in [0, 0.05) is 6.07 Å². The van der Waals surface area contributed by atoms with Gasteiger partial charge in [0.25, 0.3) is 5.78 Å². The summed E-state index contributed by atoms with van der Waals surface area (Å²) in [7, 11) is 2.82. The van der Waals surface area contributed by atoms with Crippen molar-refractivity contribution in [2.45, 2.75) is 6.04 Å². The van der Waals surface area contributed by atoms with E-state index in [-0.39, 0.29) is 27.9 Å². The molecule has 1 aliphatic heterocycles. The number of hydrogen-bond acceptors (Lipinski definition) is 6. The van der Waals surface area contributed by atoms with E-state index in [4.69, 9.17) is 21.1 Å².